The third-order valence-electron chi connectivity index (χ3n) is 1.12. The second kappa shape index (κ2) is 27.3. The maximum absolute atomic E-state index is 10.4. The zero-order valence-corrected chi connectivity index (χ0v) is 15.9. The first-order chi connectivity index (χ1) is 9.58. The van der Waals surface area contributed by atoms with E-state index >= 15 is 0 Å². The Balaban J connectivity index is -0.0000000551. The molecule has 0 aromatic heterocycles. The number of ether oxygens (including phenoxy) is 1. The Bertz CT molecular complexity index is 193. The minimum absolute atomic E-state index is 0.377. The molecule has 0 saturated heterocycles. The zero-order valence-electron chi connectivity index (χ0n) is 15.9. The Morgan fingerprint density at radius 2 is 1.29 bits per heavy atom. The first-order valence-electron chi connectivity index (χ1n) is 7.65. The highest BCUT2D eigenvalue weighted by Crippen LogP contribution is 1.93. The highest BCUT2D eigenvalue weighted by atomic mass is 16.5. The molecular weight excluding hydrogens is 270 g/mol. The minimum atomic E-state index is -0.745. The lowest BCUT2D eigenvalue weighted by molar-refractivity contribution is -0.118. The van der Waals surface area contributed by atoms with Gasteiger partial charge in [-0.2, -0.15) is 0 Å². The number of amides is 1. The van der Waals surface area contributed by atoms with Crippen LogP contribution in [0.25, 0.3) is 0 Å². The van der Waals surface area contributed by atoms with E-state index in [-0.39, 0.29) is 0 Å². The van der Waals surface area contributed by atoms with E-state index in [1.807, 2.05) is 41.5 Å². The predicted molar refractivity (Wildman–Crippen MR) is 91.5 cm³/mol. The van der Waals surface area contributed by atoms with Crippen molar-refractivity contribution in [1.29, 1.82) is 0 Å². The van der Waals surface area contributed by atoms with Gasteiger partial charge in [-0.1, -0.05) is 41.5 Å². The smallest absolute Gasteiger partial charge is 0.404 e. The van der Waals surface area contributed by atoms with Gasteiger partial charge in [-0.3, -0.25) is 4.79 Å². The first-order valence-corrected chi connectivity index (χ1v) is 7.65. The fourth-order valence-electron chi connectivity index (χ4n) is 0.456. The summed E-state index contributed by atoms with van der Waals surface area (Å²) < 4.78 is 3.89. The Labute approximate surface area is 132 Å². The van der Waals surface area contributed by atoms with Crippen molar-refractivity contribution in [2.24, 2.45) is 5.73 Å². The third kappa shape index (κ3) is 155. The zero-order chi connectivity index (χ0) is 18.5. The van der Waals surface area contributed by atoms with E-state index < -0.39 is 11.7 Å². The summed E-state index contributed by atoms with van der Waals surface area (Å²) in [5.41, 5.74) is 3.93. The lowest BCUT2D eigenvalue weighted by atomic mass is 10.2. The quantitative estimate of drug-likeness (QED) is 0.813. The van der Waals surface area contributed by atoms with Gasteiger partial charge in [0, 0.05) is 12.8 Å². The number of aliphatic hydroxyl groups is 1. The molecule has 0 spiro atoms. The SMILES string of the molecule is CC.CC.CC(C)(C)O.CCCC(=O)CC.COC(N)=O. The van der Waals surface area contributed by atoms with Crippen LogP contribution in [-0.2, 0) is 9.53 Å². The van der Waals surface area contributed by atoms with E-state index in [4.69, 9.17) is 5.11 Å². The summed E-state index contributed by atoms with van der Waals surface area (Å²) in [4.78, 5) is 19.8. The van der Waals surface area contributed by atoms with Gasteiger partial charge in [0.25, 0.3) is 0 Å². The summed E-state index contributed by atoms with van der Waals surface area (Å²) in [5.74, 6) is 0.377. The van der Waals surface area contributed by atoms with Gasteiger partial charge in [-0.25, -0.2) is 4.79 Å². The van der Waals surface area contributed by atoms with Gasteiger partial charge >= 0.3 is 6.09 Å². The molecule has 0 fully saturated rings. The van der Waals surface area contributed by atoms with Gasteiger partial charge in [0.1, 0.15) is 5.78 Å². The molecule has 0 aliphatic carbocycles. The summed E-state index contributed by atoms with van der Waals surface area (Å²) in [6, 6.07) is 0. The molecule has 0 atom stereocenters. The molecule has 0 heterocycles. The number of nitrogens with two attached hydrogens (primary N) is 1. The lowest BCUT2D eigenvalue weighted by Crippen LogP contribution is -2.10. The van der Waals surface area contributed by atoms with Crippen molar-refractivity contribution in [2.75, 3.05) is 7.11 Å². The van der Waals surface area contributed by atoms with E-state index in [2.05, 4.69) is 10.5 Å². The number of hydrogen-bond donors (Lipinski definition) is 2. The van der Waals surface area contributed by atoms with Crippen LogP contribution in [0.2, 0.25) is 0 Å². The Morgan fingerprint density at radius 1 is 1.05 bits per heavy atom. The molecule has 0 bridgehead atoms. The van der Waals surface area contributed by atoms with Gasteiger partial charge in [-0.15, -0.1) is 0 Å². The maximum atomic E-state index is 10.4. The number of hydrogen-bond acceptors (Lipinski definition) is 4. The molecule has 5 heteroatoms. The van der Waals surface area contributed by atoms with Crippen LogP contribution >= 0.6 is 0 Å². The summed E-state index contributed by atoms with van der Waals surface area (Å²) in [6.45, 7) is 17.2. The molecule has 5 nitrogen and oxygen atoms in total. The van der Waals surface area contributed by atoms with E-state index in [1.165, 1.54) is 7.11 Å². The number of carbonyl (C=O) groups is 2. The van der Waals surface area contributed by atoms with Crippen molar-refractivity contribution in [3.63, 3.8) is 0 Å². The second-order valence-electron chi connectivity index (χ2n) is 4.34. The van der Waals surface area contributed by atoms with Crippen LogP contribution < -0.4 is 5.73 Å². The summed E-state index contributed by atoms with van der Waals surface area (Å²) in [6.07, 6.45) is 1.71. The van der Waals surface area contributed by atoms with Crippen LogP contribution in [-0.4, -0.2) is 29.7 Å². The van der Waals surface area contributed by atoms with Gasteiger partial charge in [0.2, 0.25) is 0 Å². The molecule has 0 saturated carbocycles. The Morgan fingerprint density at radius 3 is 1.33 bits per heavy atom. The normalized spacial score (nSPS) is 7.95. The molecular formula is C16H39NO4. The van der Waals surface area contributed by atoms with E-state index in [0.29, 0.717) is 12.2 Å². The predicted octanol–water partition coefficient (Wildman–Crippen LogP) is 4.31. The van der Waals surface area contributed by atoms with Gasteiger partial charge < -0.3 is 15.6 Å². The fraction of sp³-hybridized carbons (Fsp3) is 0.875. The molecule has 0 radical (unpaired) electrons. The van der Waals surface area contributed by atoms with Crippen LogP contribution in [0.15, 0.2) is 0 Å². The summed E-state index contributed by atoms with van der Waals surface area (Å²) in [7, 11) is 1.22. The van der Waals surface area contributed by atoms with Crippen molar-refractivity contribution in [3.8, 4) is 0 Å². The number of carbonyl (C=O) groups excluding carboxylic acids is 2. The van der Waals surface area contributed by atoms with Crippen molar-refractivity contribution in [1.82, 2.24) is 0 Å². The standard InChI is InChI=1S/C6H12O.C4H10O.C2H5NO2.2C2H6/c1-3-5-6(7)4-2;1-4(2,3)5;1-5-2(3)4;2*1-2/h3-5H2,1-2H3;5H,1-3H3;1H3,(H2,3,4);2*1-2H3. The molecule has 0 aliphatic heterocycles. The number of rotatable bonds is 3. The Hall–Kier alpha value is -1.10. The molecule has 0 aliphatic rings. The molecule has 0 unspecified atom stereocenters. The number of primary amides is 1. The molecule has 21 heavy (non-hydrogen) atoms. The highest BCUT2D eigenvalue weighted by molar-refractivity contribution is 5.77. The van der Waals surface area contributed by atoms with Crippen LogP contribution in [0.1, 0.15) is 81.6 Å². The molecule has 0 rings (SSSR count). The summed E-state index contributed by atoms with van der Waals surface area (Å²) in [5, 5.41) is 8.52. The number of ketones is 1. The van der Waals surface area contributed by atoms with Gasteiger partial charge in [-0.05, 0) is 27.2 Å². The summed E-state index contributed by atoms with van der Waals surface area (Å²) >= 11 is 0. The number of Topliss-reactive ketones (excluding diaryl/α,β-unsaturated/α-hetero) is 1. The molecule has 0 aromatic carbocycles. The minimum Gasteiger partial charge on any atom is -0.453 e. The topological polar surface area (TPSA) is 89.6 Å². The Kier molecular flexibility index (Phi) is 41.6. The van der Waals surface area contributed by atoms with Crippen molar-refractivity contribution in [2.45, 2.75) is 87.2 Å². The monoisotopic (exact) mass is 309 g/mol. The average molecular weight is 309 g/mol. The largest absolute Gasteiger partial charge is 0.453 e. The molecule has 0 aromatic rings. The molecule has 3 N–H and O–H groups in total. The van der Waals surface area contributed by atoms with Crippen LogP contribution in [0, 0.1) is 0 Å². The average Bonchev–Trinajstić information content (AvgIpc) is 2.42. The molecule has 1 amide bonds. The van der Waals surface area contributed by atoms with Crippen LogP contribution in [0.3, 0.4) is 0 Å². The second-order valence-corrected chi connectivity index (χ2v) is 4.34. The fourth-order valence-corrected chi connectivity index (χ4v) is 0.456. The van der Waals surface area contributed by atoms with Crippen molar-refractivity contribution >= 4 is 11.9 Å². The van der Waals surface area contributed by atoms with E-state index in [1.54, 1.807) is 20.8 Å². The first kappa shape index (κ1) is 32.0. The van der Waals surface area contributed by atoms with E-state index in [9.17, 15) is 9.59 Å². The van der Waals surface area contributed by atoms with Gasteiger partial charge in [0.15, 0.2) is 0 Å². The molecule has 132 valence electrons. The van der Waals surface area contributed by atoms with E-state index in [0.717, 1.165) is 12.8 Å². The van der Waals surface area contributed by atoms with Gasteiger partial charge in [0.05, 0.1) is 12.7 Å². The van der Waals surface area contributed by atoms with Crippen molar-refractivity contribution < 1.29 is 19.4 Å². The van der Waals surface area contributed by atoms with Crippen LogP contribution in [0.4, 0.5) is 4.79 Å². The van der Waals surface area contributed by atoms with Crippen molar-refractivity contribution in [3.05, 3.63) is 0 Å². The highest BCUT2D eigenvalue weighted by Gasteiger charge is 1.97. The lowest BCUT2D eigenvalue weighted by Gasteiger charge is -2.04. The van der Waals surface area contributed by atoms with Crippen LogP contribution in [0.5, 0.6) is 0 Å². The maximum Gasteiger partial charge on any atom is 0.404 e. The third-order valence-corrected chi connectivity index (χ3v) is 1.12. The number of methoxy groups -OCH3 is 1.